The normalized spacial score (nSPS) is 26.1. The zero-order valence-corrected chi connectivity index (χ0v) is 29.3. The van der Waals surface area contributed by atoms with Crippen LogP contribution in [0.25, 0.3) is 0 Å². The number of benzene rings is 2. The largest absolute Gasteiger partial charge is 0.462 e. The van der Waals surface area contributed by atoms with Gasteiger partial charge in [-0.2, -0.15) is 0 Å². The summed E-state index contributed by atoms with van der Waals surface area (Å²) in [6, 6.07) is 16.5. The molecule has 6 nitrogen and oxygen atoms in total. The van der Waals surface area contributed by atoms with Crippen LogP contribution in [0, 0.1) is 23.2 Å². The molecule has 2 fully saturated rings. The van der Waals surface area contributed by atoms with Crippen molar-refractivity contribution in [2.45, 2.75) is 136 Å². The molecule has 2 aromatic rings. The Balaban J connectivity index is 1.09. The molecule has 6 heteroatoms. The van der Waals surface area contributed by atoms with Crippen molar-refractivity contribution in [3.05, 3.63) is 65.2 Å². The Bertz CT molecular complexity index is 1360. The minimum atomic E-state index is -0.273. The first-order valence-corrected chi connectivity index (χ1v) is 18.4. The molecule has 3 aliphatic rings. The molecule has 3 aliphatic carbocycles. The van der Waals surface area contributed by atoms with Gasteiger partial charge >= 0.3 is 11.9 Å². The fourth-order valence-electron chi connectivity index (χ4n) is 9.60. The highest BCUT2D eigenvalue weighted by Crippen LogP contribution is 2.64. The molecule has 0 saturated heterocycles. The van der Waals surface area contributed by atoms with Gasteiger partial charge in [-0.15, -0.1) is 0 Å². The molecule has 0 N–H and O–H groups in total. The molecule has 0 aliphatic heterocycles. The summed E-state index contributed by atoms with van der Waals surface area (Å²) < 4.78 is 11.4. The highest BCUT2D eigenvalue weighted by molar-refractivity contribution is 5.75. The van der Waals surface area contributed by atoms with Crippen molar-refractivity contribution in [3.63, 3.8) is 0 Å². The van der Waals surface area contributed by atoms with E-state index in [-0.39, 0.29) is 29.4 Å². The molecule has 256 valence electrons. The lowest BCUT2D eigenvalue weighted by atomic mass is 9.51. The third-order valence-corrected chi connectivity index (χ3v) is 11.7. The van der Waals surface area contributed by atoms with Crippen LogP contribution < -0.4 is 4.74 Å². The van der Waals surface area contributed by atoms with E-state index in [2.05, 4.69) is 31.2 Å². The van der Waals surface area contributed by atoms with Crippen LogP contribution in [0.4, 0.5) is 0 Å². The summed E-state index contributed by atoms with van der Waals surface area (Å²) in [6.07, 6.45) is 16.8. The number of unbranched alkanes of at least 4 members (excludes halogenated alkanes) is 7. The lowest BCUT2D eigenvalue weighted by Gasteiger charge is -2.54. The Hall–Kier alpha value is -3.15. The minimum Gasteiger partial charge on any atom is -0.462 e. The second-order valence-electron chi connectivity index (χ2n) is 15.0. The summed E-state index contributed by atoms with van der Waals surface area (Å²) in [5, 5.41) is 0. The van der Waals surface area contributed by atoms with Crippen LogP contribution >= 0.6 is 0 Å². The maximum Gasteiger partial charge on any atom is 0.308 e. The van der Waals surface area contributed by atoms with Crippen molar-refractivity contribution in [2.24, 2.45) is 23.2 Å². The highest BCUT2D eigenvalue weighted by Gasteiger charge is 2.58. The molecule has 47 heavy (non-hydrogen) atoms. The molecule has 2 saturated carbocycles. The average molecular weight is 644 g/mol. The fraction of sp³-hybridized carbons (Fsp3) is 0.634. The van der Waals surface area contributed by atoms with E-state index in [9.17, 15) is 14.4 Å². The van der Waals surface area contributed by atoms with E-state index in [0.717, 1.165) is 44.9 Å². The third kappa shape index (κ3) is 8.86. The van der Waals surface area contributed by atoms with Gasteiger partial charge in [-0.3, -0.25) is 14.4 Å². The van der Waals surface area contributed by atoms with E-state index < -0.39 is 0 Å². The molecular formula is C41H57NO5. The monoisotopic (exact) mass is 643 g/mol. The van der Waals surface area contributed by atoms with Gasteiger partial charge in [0.1, 0.15) is 11.9 Å². The fourth-order valence-corrected chi connectivity index (χ4v) is 9.60. The van der Waals surface area contributed by atoms with Gasteiger partial charge in [-0.25, -0.2) is 0 Å². The molecule has 2 aromatic carbocycles. The summed E-state index contributed by atoms with van der Waals surface area (Å²) in [5.41, 5.74) is 4.03. The summed E-state index contributed by atoms with van der Waals surface area (Å²) in [5.74, 6) is 2.74. The van der Waals surface area contributed by atoms with Gasteiger partial charge in [0.15, 0.2) is 0 Å². The first-order chi connectivity index (χ1) is 22.7. The van der Waals surface area contributed by atoms with Gasteiger partial charge in [0.05, 0.1) is 0 Å². The Morgan fingerprint density at radius 3 is 2.26 bits per heavy atom. The van der Waals surface area contributed by atoms with Gasteiger partial charge in [-0.1, -0.05) is 88.3 Å². The van der Waals surface area contributed by atoms with Gasteiger partial charge in [0.25, 0.3) is 0 Å². The second kappa shape index (κ2) is 16.3. The lowest BCUT2D eigenvalue weighted by Crippen LogP contribution is -2.48. The smallest absolute Gasteiger partial charge is 0.308 e. The number of carbonyl (C=O) groups is 3. The molecule has 1 amide bonds. The van der Waals surface area contributed by atoms with Gasteiger partial charge in [0, 0.05) is 39.3 Å². The highest BCUT2D eigenvalue weighted by atomic mass is 16.5. The number of carbonyl (C=O) groups excluding carboxylic acids is 3. The summed E-state index contributed by atoms with van der Waals surface area (Å²) in [4.78, 5) is 38.0. The summed E-state index contributed by atoms with van der Waals surface area (Å²) in [6.45, 7) is 6.11. The van der Waals surface area contributed by atoms with Gasteiger partial charge in [-0.05, 0) is 97.4 Å². The number of hydrogen-bond acceptors (Lipinski definition) is 5. The predicted molar refractivity (Wildman–Crippen MR) is 186 cm³/mol. The van der Waals surface area contributed by atoms with E-state index in [1.54, 1.807) is 6.92 Å². The predicted octanol–water partition coefficient (Wildman–Crippen LogP) is 9.19. The Labute approximate surface area is 283 Å². The minimum absolute atomic E-state index is 0.0285. The van der Waals surface area contributed by atoms with E-state index in [1.165, 1.54) is 68.6 Å². The van der Waals surface area contributed by atoms with Gasteiger partial charge in [0.2, 0.25) is 5.91 Å². The Morgan fingerprint density at radius 2 is 1.55 bits per heavy atom. The van der Waals surface area contributed by atoms with Crippen molar-refractivity contribution < 1.29 is 23.9 Å². The summed E-state index contributed by atoms with van der Waals surface area (Å²) in [7, 11) is 1.90. The van der Waals surface area contributed by atoms with Crippen LogP contribution in [0.5, 0.6) is 5.75 Å². The molecule has 0 spiro atoms. The molecule has 0 bridgehead atoms. The van der Waals surface area contributed by atoms with E-state index >= 15 is 0 Å². The van der Waals surface area contributed by atoms with Crippen molar-refractivity contribution in [1.29, 1.82) is 0 Å². The standard InChI is InChI=1S/C41H57NO5/c1-29(43)46-34-21-23-35-32(26-34)20-22-36-37-24-25-38(47-30(2)44)41(37,3)27-33(40(35)36)18-14-9-7-5-6-8-10-15-19-39(45)42(4)28-31-16-12-11-13-17-31/h11-13,16-17,21,23,26,33,36-38,40H,5-10,14-15,18-20,22,24-25,27-28H2,1-4H3/t33-,36-,37-,38-,40+,41-/m0/s1. The number of ether oxygens (including phenoxy) is 2. The molecule has 6 atom stereocenters. The molecule has 0 radical (unpaired) electrons. The maximum absolute atomic E-state index is 12.5. The number of rotatable bonds is 15. The summed E-state index contributed by atoms with van der Waals surface area (Å²) >= 11 is 0. The quantitative estimate of drug-likeness (QED) is 0.110. The Morgan fingerprint density at radius 1 is 0.851 bits per heavy atom. The second-order valence-corrected chi connectivity index (χ2v) is 15.0. The zero-order valence-electron chi connectivity index (χ0n) is 29.3. The lowest BCUT2D eigenvalue weighted by molar-refractivity contribution is -0.156. The van der Waals surface area contributed by atoms with E-state index in [0.29, 0.717) is 42.4 Å². The van der Waals surface area contributed by atoms with Crippen LogP contribution in [0.15, 0.2) is 48.5 Å². The van der Waals surface area contributed by atoms with E-state index in [1.807, 2.05) is 36.2 Å². The van der Waals surface area contributed by atoms with Crippen LogP contribution in [-0.4, -0.2) is 35.9 Å². The van der Waals surface area contributed by atoms with Crippen LogP contribution in [0.3, 0.4) is 0 Å². The van der Waals surface area contributed by atoms with Crippen molar-refractivity contribution >= 4 is 17.8 Å². The molecule has 0 unspecified atom stereocenters. The molecule has 0 heterocycles. The third-order valence-electron chi connectivity index (χ3n) is 11.7. The first-order valence-electron chi connectivity index (χ1n) is 18.4. The molecule has 5 rings (SSSR count). The van der Waals surface area contributed by atoms with E-state index in [4.69, 9.17) is 9.47 Å². The number of amides is 1. The van der Waals surface area contributed by atoms with Crippen LogP contribution in [0.2, 0.25) is 0 Å². The van der Waals surface area contributed by atoms with Crippen molar-refractivity contribution in [1.82, 2.24) is 4.90 Å². The number of nitrogens with zero attached hydrogens (tertiary/aromatic N) is 1. The van der Waals surface area contributed by atoms with Crippen LogP contribution in [-0.2, 0) is 32.1 Å². The number of esters is 2. The number of aryl methyl sites for hydroxylation is 1. The number of hydrogen-bond donors (Lipinski definition) is 0. The maximum atomic E-state index is 12.5. The van der Waals surface area contributed by atoms with Crippen molar-refractivity contribution in [2.75, 3.05) is 7.05 Å². The van der Waals surface area contributed by atoms with Crippen LogP contribution in [0.1, 0.15) is 133 Å². The number of fused-ring (bicyclic) bond motifs is 5. The average Bonchev–Trinajstić information content (AvgIpc) is 3.36. The zero-order chi connectivity index (χ0) is 33.4. The SMILES string of the molecule is CC(=O)Oc1ccc2c(c1)CC[C@@H]1[C@@H]2[C@@H](CCCCCCCCCCC(=O)N(C)Cc2ccccc2)C[C@]2(C)[C@@H](OC(C)=O)CC[C@@H]12. The topological polar surface area (TPSA) is 72.9 Å². The first kappa shape index (κ1) is 35.2. The Kier molecular flexibility index (Phi) is 12.2. The van der Waals surface area contributed by atoms with Crippen molar-refractivity contribution in [3.8, 4) is 5.75 Å². The van der Waals surface area contributed by atoms with Gasteiger partial charge < -0.3 is 14.4 Å². The molecular weight excluding hydrogens is 586 g/mol. The molecule has 0 aromatic heterocycles.